The van der Waals surface area contributed by atoms with Gasteiger partial charge < -0.3 is 9.47 Å². The van der Waals surface area contributed by atoms with Crippen LogP contribution in [0.4, 0.5) is 0 Å². The van der Waals surface area contributed by atoms with Gasteiger partial charge in [0.2, 0.25) is 0 Å². The van der Waals surface area contributed by atoms with Crippen molar-refractivity contribution in [3.05, 3.63) is 16.1 Å². The zero-order valence-corrected chi connectivity index (χ0v) is 11.0. The van der Waals surface area contributed by atoms with E-state index < -0.39 is 5.60 Å². The number of carbonyl (C=O) groups is 1. The summed E-state index contributed by atoms with van der Waals surface area (Å²) in [5.74, 6) is 0.123. The molecule has 1 fully saturated rings. The molecule has 5 heteroatoms. The van der Waals surface area contributed by atoms with Gasteiger partial charge >= 0.3 is 0 Å². The van der Waals surface area contributed by atoms with Crippen LogP contribution in [0.1, 0.15) is 23.5 Å². The van der Waals surface area contributed by atoms with Crippen molar-refractivity contribution in [2.75, 3.05) is 20.3 Å². The third-order valence-corrected chi connectivity index (χ3v) is 4.14. The van der Waals surface area contributed by atoms with Gasteiger partial charge in [-0.15, -0.1) is 11.3 Å². The number of Topliss-reactive ketones (excluding diaryl/α,β-unsaturated/α-hetero) is 1. The van der Waals surface area contributed by atoms with Crippen LogP contribution in [0.3, 0.4) is 0 Å². The quantitative estimate of drug-likeness (QED) is 0.822. The number of nitrogens with zero attached hydrogens (tertiary/aromatic N) is 1. The number of hydrogen-bond donors (Lipinski definition) is 0. The number of rotatable bonds is 4. The number of aryl methyl sites for hydroxylation is 1. The van der Waals surface area contributed by atoms with Gasteiger partial charge in [-0.25, -0.2) is 4.98 Å². The fourth-order valence-electron chi connectivity index (χ4n) is 2.08. The molecule has 4 nitrogen and oxygen atoms in total. The standard InChI is InChI=1S/C12H17NO3S/c1-9-8-17-11(13-9)7-10(14)12(15-2)3-5-16-6-4-12/h8H,3-7H2,1-2H3. The first kappa shape index (κ1) is 12.7. The topological polar surface area (TPSA) is 48.4 Å². The lowest BCUT2D eigenvalue weighted by atomic mass is 9.88. The summed E-state index contributed by atoms with van der Waals surface area (Å²) in [6.07, 6.45) is 1.66. The zero-order chi connectivity index (χ0) is 12.3. The number of carbonyl (C=O) groups excluding carboxylic acids is 1. The molecule has 0 saturated carbocycles. The fourth-order valence-corrected chi connectivity index (χ4v) is 2.85. The molecule has 1 aromatic heterocycles. The molecule has 2 heterocycles. The van der Waals surface area contributed by atoms with Gasteiger partial charge in [0.25, 0.3) is 0 Å². The Labute approximate surface area is 105 Å². The van der Waals surface area contributed by atoms with E-state index in [1.807, 2.05) is 12.3 Å². The van der Waals surface area contributed by atoms with Crippen molar-refractivity contribution < 1.29 is 14.3 Å². The molecule has 0 atom stereocenters. The van der Waals surface area contributed by atoms with Crippen LogP contribution in [-0.4, -0.2) is 36.7 Å². The van der Waals surface area contributed by atoms with Crippen LogP contribution < -0.4 is 0 Å². The van der Waals surface area contributed by atoms with E-state index in [-0.39, 0.29) is 5.78 Å². The Bertz CT molecular complexity index is 396. The van der Waals surface area contributed by atoms with E-state index in [9.17, 15) is 4.79 Å². The van der Waals surface area contributed by atoms with Crippen molar-refractivity contribution in [1.29, 1.82) is 0 Å². The number of thiazole rings is 1. The Hall–Kier alpha value is -0.780. The molecule has 0 aliphatic carbocycles. The van der Waals surface area contributed by atoms with Gasteiger partial charge in [-0.3, -0.25) is 4.79 Å². The van der Waals surface area contributed by atoms with Crippen LogP contribution in [0.2, 0.25) is 0 Å². The molecular weight excluding hydrogens is 238 g/mol. The van der Waals surface area contributed by atoms with Crippen molar-refractivity contribution in [2.45, 2.75) is 31.8 Å². The molecule has 0 unspecified atom stereocenters. The summed E-state index contributed by atoms with van der Waals surface area (Å²) >= 11 is 1.53. The van der Waals surface area contributed by atoms with Crippen LogP contribution in [0.5, 0.6) is 0 Å². The van der Waals surface area contributed by atoms with E-state index in [0.717, 1.165) is 10.7 Å². The second kappa shape index (κ2) is 5.25. The molecule has 17 heavy (non-hydrogen) atoms. The summed E-state index contributed by atoms with van der Waals surface area (Å²) in [5.41, 5.74) is 0.314. The summed E-state index contributed by atoms with van der Waals surface area (Å²) in [4.78, 5) is 16.6. The number of ketones is 1. The highest BCUT2D eigenvalue weighted by atomic mass is 32.1. The fraction of sp³-hybridized carbons (Fsp3) is 0.667. The van der Waals surface area contributed by atoms with Crippen LogP contribution in [0.25, 0.3) is 0 Å². The minimum atomic E-state index is -0.655. The first-order valence-corrected chi connectivity index (χ1v) is 6.61. The van der Waals surface area contributed by atoms with Crippen molar-refractivity contribution in [3.8, 4) is 0 Å². The van der Waals surface area contributed by atoms with Gasteiger partial charge in [-0.2, -0.15) is 0 Å². The molecule has 0 aromatic carbocycles. The van der Waals surface area contributed by atoms with E-state index in [0.29, 0.717) is 32.5 Å². The highest BCUT2D eigenvalue weighted by Gasteiger charge is 2.39. The predicted octanol–water partition coefficient (Wildman–Crippen LogP) is 1.76. The van der Waals surface area contributed by atoms with Crippen LogP contribution in [-0.2, 0) is 20.7 Å². The first-order valence-electron chi connectivity index (χ1n) is 5.73. The highest BCUT2D eigenvalue weighted by Crippen LogP contribution is 2.27. The second-order valence-electron chi connectivity index (χ2n) is 4.29. The van der Waals surface area contributed by atoms with Crippen molar-refractivity contribution in [3.63, 3.8) is 0 Å². The smallest absolute Gasteiger partial charge is 0.171 e. The molecule has 1 aromatic rings. The van der Waals surface area contributed by atoms with Gasteiger partial charge in [-0.1, -0.05) is 0 Å². The van der Waals surface area contributed by atoms with E-state index in [2.05, 4.69) is 4.98 Å². The van der Waals surface area contributed by atoms with Gasteiger partial charge in [-0.05, 0) is 6.92 Å². The van der Waals surface area contributed by atoms with Crippen LogP contribution >= 0.6 is 11.3 Å². The Kier molecular flexibility index (Phi) is 3.91. The number of ether oxygens (including phenoxy) is 2. The zero-order valence-electron chi connectivity index (χ0n) is 10.2. The minimum Gasteiger partial charge on any atom is -0.381 e. The Morgan fingerprint density at radius 2 is 2.29 bits per heavy atom. The number of methoxy groups -OCH3 is 1. The molecule has 0 radical (unpaired) electrons. The van der Waals surface area contributed by atoms with E-state index in [1.165, 1.54) is 11.3 Å². The molecule has 1 saturated heterocycles. The van der Waals surface area contributed by atoms with Gasteiger partial charge in [0.1, 0.15) is 10.6 Å². The second-order valence-corrected chi connectivity index (χ2v) is 5.24. The number of hydrogen-bond acceptors (Lipinski definition) is 5. The third-order valence-electron chi connectivity index (χ3n) is 3.18. The molecular formula is C12H17NO3S. The Morgan fingerprint density at radius 3 is 2.82 bits per heavy atom. The molecule has 0 amide bonds. The highest BCUT2D eigenvalue weighted by molar-refractivity contribution is 7.09. The van der Waals surface area contributed by atoms with Gasteiger partial charge in [0.15, 0.2) is 5.78 Å². The normalized spacial score (nSPS) is 19.2. The van der Waals surface area contributed by atoms with E-state index >= 15 is 0 Å². The minimum absolute atomic E-state index is 0.123. The summed E-state index contributed by atoms with van der Waals surface area (Å²) in [5, 5.41) is 2.84. The molecule has 1 aliphatic heterocycles. The number of aromatic nitrogens is 1. The third kappa shape index (κ3) is 2.73. The maximum Gasteiger partial charge on any atom is 0.171 e. The maximum atomic E-state index is 12.3. The monoisotopic (exact) mass is 255 g/mol. The van der Waals surface area contributed by atoms with Crippen molar-refractivity contribution >= 4 is 17.1 Å². The lowest BCUT2D eigenvalue weighted by Crippen LogP contribution is -2.46. The lowest BCUT2D eigenvalue weighted by Gasteiger charge is -2.34. The van der Waals surface area contributed by atoms with Crippen molar-refractivity contribution in [1.82, 2.24) is 4.98 Å². The summed E-state index contributed by atoms with van der Waals surface area (Å²) < 4.78 is 10.8. The molecule has 1 aliphatic rings. The Balaban J connectivity index is 2.07. The molecule has 0 spiro atoms. The summed E-state index contributed by atoms with van der Waals surface area (Å²) in [6, 6.07) is 0. The largest absolute Gasteiger partial charge is 0.381 e. The predicted molar refractivity (Wildman–Crippen MR) is 65.4 cm³/mol. The summed E-state index contributed by atoms with van der Waals surface area (Å²) in [7, 11) is 1.61. The Morgan fingerprint density at radius 1 is 1.59 bits per heavy atom. The molecule has 94 valence electrons. The lowest BCUT2D eigenvalue weighted by molar-refractivity contribution is -0.151. The summed E-state index contributed by atoms with van der Waals surface area (Å²) in [6.45, 7) is 3.12. The average molecular weight is 255 g/mol. The SMILES string of the molecule is COC1(C(=O)Cc2nc(C)cs2)CCOCC1. The van der Waals surface area contributed by atoms with E-state index in [1.54, 1.807) is 7.11 Å². The first-order chi connectivity index (χ1) is 8.16. The average Bonchev–Trinajstić information content (AvgIpc) is 2.75. The van der Waals surface area contributed by atoms with Gasteiger partial charge in [0.05, 0.1) is 6.42 Å². The van der Waals surface area contributed by atoms with Gasteiger partial charge in [0, 0.05) is 44.2 Å². The molecule has 0 N–H and O–H groups in total. The van der Waals surface area contributed by atoms with Crippen LogP contribution in [0.15, 0.2) is 5.38 Å². The maximum absolute atomic E-state index is 12.3. The molecule has 0 bridgehead atoms. The van der Waals surface area contributed by atoms with E-state index in [4.69, 9.17) is 9.47 Å². The van der Waals surface area contributed by atoms with Crippen molar-refractivity contribution in [2.24, 2.45) is 0 Å². The van der Waals surface area contributed by atoms with Crippen LogP contribution in [0, 0.1) is 6.92 Å². The molecule has 2 rings (SSSR count).